The molecule has 1 aromatic heterocycles. The molecular formula is C60H44N2. The van der Waals surface area contributed by atoms with Crippen LogP contribution in [0.5, 0.6) is 0 Å². The summed E-state index contributed by atoms with van der Waals surface area (Å²) in [6, 6.07) is 77.1. The molecule has 9 aromatic rings. The van der Waals surface area contributed by atoms with Gasteiger partial charge in [0.1, 0.15) is 0 Å². The lowest BCUT2D eigenvalue weighted by Gasteiger charge is -2.34. The highest BCUT2D eigenvalue weighted by Gasteiger charge is 2.45. The molecule has 1 heterocycles. The minimum absolute atomic E-state index is 0.495. The summed E-state index contributed by atoms with van der Waals surface area (Å²) in [5.41, 5.74) is 19.0. The molecule has 2 heteroatoms. The van der Waals surface area contributed by atoms with Crippen LogP contribution in [-0.4, -0.2) is 9.97 Å². The Bertz CT molecular complexity index is 3100. The van der Waals surface area contributed by atoms with Gasteiger partial charge in [-0.3, -0.25) is 0 Å². The fraction of sp³-hybridized carbons (Fsp3) is 0.0667. The molecular weight excluding hydrogens is 749 g/mol. The molecule has 62 heavy (non-hydrogen) atoms. The zero-order valence-corrected chi connectivity index (χ0v) is 34.6. The first-order valence-electron chi connectivity index (χ1n) is 21.6. The van der Waals surface area contributed by atoms with Gasteiger partial charge in [0.15, 0.2) is 5.82 Å². The van der Waals surface area contributed by atoms with Crippen LogP contribution in [0.2, 0.25) is 0 Å². The molecule has 0 fully saturated rings. The van der Waals surface area contributed by atoms with Crippen molar-refractivity contribution in [1.29, 1.82) is 0 Å². The third kappa shape index (κ3) is 6.62. The number of allylic oxidation sites excluding steroid dienone is 4. The molecule has 0 bridgehead atoms. The molecule has 0 saturated heterocycles. The van der Waals surface area contributed by atoms with Crippen molar-refractivity contribution in [3.05, 3.63) is 258 Å². The quantitative estimate of drug-likeness (QED) is 0.153. The summed E-state index contributed by atoms with van der Waals surface area (Å²) in [6.07, 6.45) is 7.81. The van der Waals surface area contributed by atoms with Crippen molar-refractivity contribution >= 4 is 5.57 Å². The molecule has 0 aliphatic heterocycles. The minimum atomic E-state index is -0.495. The van der Waals surface area contributed by atoms with E-state index in [2.05, 4.69) is 237 Å². The van der Waals surface area contributed by atoms with E-state index in [0.717, 1.165) is 56.8 Å². The molecule has 8 aromatic carbocycles. The Hall–Kier alpha value is -7.68. The van der Waals surface area contributed by atoms with E-state index in [-0.39, 0.29) is 0 Å². The van der Waals surface area contributed by atoms with Crippen molar-refractivity contribution in [3.8, 4) is 67.2 Å². The van der Waals surface area contributed by atoms with E-state index in [1.54, 1.807) is 0 Å². The Labute approximate surface area is 364 Å². The Morgan fingerprint density at radius 2 is 0.903 bits per heavy atom. The van der Waals surface area contributed by atoms with Gasteiger partial charge in [-0.15, -0.1) is 0 Å². The molecule has 0 amide bonds. The Balaban J connectivity index is 1.10. The second kappa shape index (κ2) is 15.7. The highest BCUT2D eigenvalue weighted by Crippen LogP contribution is 2.56. The van der Waals surface area contributed by atoms with Gasteiger partial charge >= 0.3 is 0 Å². The molecule has 2 aliphatic rings. The van der Waals surface area contributed by atoms with Crippen LogP contribution in [0.4, 0.5) is 0 Å². The summed E-state index contributed by atoms with van der Waals surface area (Å²) in [4.78, 5) is 10.7. The van der Waals surface area contributed by atoms with Crippen molar-refractivity contribution in [2.24, 2.45) is 5.92 Å². The standard InChI is InChI=1S/C60H44N2/c1-41-28-30-45(31-29-41)57-40-58(46-34-32-44(33-35-46)42-16-5-2-6-17-42)62-59(61-57)50-37-48(43-18-7-3-8-19-43)36-49(38-50)47-20-15-23-52(39-47)60(51-21-9-4-10-22-51)55-26-13-11-24-53(55)54-25-12-14-27-56(54)60/h2-28,30-41H,29H2,1H3. The van der Waals surface area contributed by atoms with Gasteiger partial charge in [0, 0.05) is 11.1 Å². The summed E-state index contributed by atoms with van der Waals surface area (Å²) in [6.45, 7) is 2.26. The van der Waals surface area contributed by atoms with Crippen LogP contribution in [0.1, 0.15) is 41.3 Å². The van der Waals surface area contributed by atoms with Crippen LogP contribution in [0, 0.1) is 5.92 Å². The van der Waals surface area contributed by atoms with E-state index in [0.29, 0.717) is 11.7 Å². The number of benzene rings is 8. The molecule has 0 saturated carbocycles. The van der Waals surface area contributed by atoms with Gasteiger partial charge in [0.2, 0.25) is 0 Å². The fourth-order valence-corrected chi connectivity index (χ4v) is 9.62. The molecule has 0 N–H and O–H groups in total. The highest BCUT2D eigenvalue weighted by molar-refractivity contribution is 5.88. The lowest BCUT2D eigenvalue weighted by atomic mass is 9.67. The second-order valence-electron chi connectivity index (χ2n) is 16.6. The van der Waals surface area contributed by atoms with Gasteiger partial charge in [-0.25, -0.2) is 9.97 Å². The van der Waals surface area contributed by atoms with Crippen LogP contribution in [0.3, 0.4) is 0 Å². The number of fused-ring (bicyclic) bond motifs is 3. The first-order chi connectivity index (χ1) is 30.6. The van der Waals surface area contributed by atoms with Gasteiger partial charge in [0.25, 0.3) is 0 Å². The topological polar surface area (TPSA) is 25.8 Å². The SMILES string of the molecule is CC1C=CC(c2cc(-c3ccc(-c4ccccc4)cc3)nc(-c3cc(-c4ccccc4)cc(-c4cccc(C5(c6ccccc6)c6ccccc6-c6ccccc65)c4)c3)n2)=CC1. The van der Waals surface area contributed by atoms with Gasteiger partial charge in [-0.2, -0.15) is 0 Å². The molecule has 2 nitrogen and oxygen atoms in total. The fourth-order valence-electron chi connectivity index (χ4n) is 9.62. The number of aromatic nitrogens is 2. The summed E-state index contributed by atoms with van der Waals surface area (Å²) in [5, 5.41) is 0. The summed E-state index contributed by atoms with van der Waals surface area (Å²) in [7, 11) is 0. The smallest absolute Gasteiger partial charge is 0.160 e. The first kappa shape index (κ1) is 37.3. The predicted molar refractivity (Wildman–Crippen MR) is 257 cm³/mol. The number of nitrogens with zero attached hydrogens (tertiary/aromatic N) is 2. The zero-order chi connectivity index (χ0) is 41.5. The van der Waals surface area contributed by atoms with Crippen molar-refractivity contribution < 1.29 is 0 Å². The van der Waals surface area contributed by atoms with Crippen molar-refractivity contribution in [2.75, 3.05) is 0 Å². The maximum absolute atomic E-state index is 5.37. The van der Waals surface area contributed by atoms with Crippen molar-refractivity contribution in [1.82, 2.24) is 9.97 Å². The van der Waals surface area contributed by atoms with Gasteiger partial charge in [0.05, 0.1) is 16.8 Å². The van der Waals surface area contributed by atoms with E-state index in [1.165, 1.54) is 44.5 Å². The van der Waals surface area contributed by atoms with Crippen LogP contribution in [0.25, 0.3) is 72.7 Å². The monoisotopic (exact) mass is 792 g/mol. The number of rotatable bonds is 8. The Morgan fingerprint density at radius 3 is 1.55 bits per heavy atom. The molecule has 1 unspecified atom stereocenters. The zero-order valence-electron chi connectivity index (χ0n) is 34.6. The average molecular weight is 793 g/mol. The third-order valence-electron chi connectivity index (χ3n) is 12.7. The summed E-state index contributed by atoms with van der Waals surface area (Å²) < 4.78 is 0. The molecule has 2 aliphatic carbocycles. The van der Waals surface area contributed by atoms with Crippen LogP contribution >= 0.6 is 0 Å². The van der Waals surface area contributed by atoms with E-state index in [4.69, 9.17) is 9.97 Å². The van der Waals surface area contributed by atoms with E-state index in [9.17, 15) is 0 Å². The maximum atomic E-state index is 5.37. The Morgan fingerprint density at radius 1 is 0.403 bits per heavy atom. The molecule has 294 valence electrons. The lowest BCUT2D eigenvalue weighted by molar-refractivity contribution is 0.738. The van der Waals surface area contributed by atoms with Crippen LogP contribution in [0.15, 0.2) is 231 Å². The first-order valence-corrected chi connectivity index (χ1v) is 21.6. The third-order valence-corrected chi connectivity index (χ3v) is 12.7. The second-order valence-corrected chi connectivity index (χ2v) is 16.6. The summed E-state index contributed by atoms with van der Waals surface area (Å²) >= 11 is 0. The minimum Gasteiger partial charge on any atom is -0.228 e. The molecule has 1 atom stereocenters. The summed E-state index contributed by atoms with van der Waals surface area (Å²) in [5.74, 6) is 1.20. The van der Waals surface area contributed by atoms with Crippen LogP contribution < -0.4 is 0 Å². The van der Waals surface area contributed by atoms with E-state index < -0.39 is 5.41 Å². The molecule has 0 radical (unpaired) electrons. The van der Waals surface area contributed by atoms with Gasteiger partial charge < -0.3 is 0 Å². The molecule has 0 spiro atoms. The van der Waals surface area contributed by atoms with Crippen molar-refractivity contribution in [3.63, 3.8) is 0 Å². The largest absolute Gasteiger partial charge is 0.228 e. The van der Waals surface area contributed by atoms with E-state index >= 15 is 0 Å². The number of hydrogen-bond acceptors (Lipinski definition) is 2. The normalized spacial score (nSPS) is 14.8. The highest BCUT2D eigenvalue weighted by atomic mass is 14.9. The lowest BCUT2D eigenvalue weighted by Crippen LogP contribution is -2.28. The maximum Gasteiger partial charge on any atom is 0.160 e. The molecule has 11 rings (SSSR count). The van der Waals surface area contributed by atoms with Gasteiger partial charge in [-0.05, 0) is 115 Å². The van der Waals surface area contributed by atoms with Gasteiger partial charge in [-0.1, -0.05) is 207 Å². The van der Waals surface area contributed by atoms with Crippen molar-refractivity contribution in [2.45, 2.75) is 18.8 Å². The predicted octanol–water partition coefficient (Wildman–Crippen LogP) is 15.2. The van der Waals surface area contributed by atoms with E-state index in [1.807, 2.05) is 0 Å². The average Bonchev–Trinajstić information content (AvgIpc) is 3.66. The Kier molecular flexibility index (Phi) is 9.47. The number of hydrogen-bond donors (Lipinski definition) is 0. The van der Waals surface area contributed by atoms with Crippen LogP contribution in [-0.2, 0) is 5.41 Å².